The average molecular weight is 365 g/mol. The van der Waals surface area contributed by atoms with Gasteiger partial charge < -0.3 is 10.3 Å². The van der Waals surface area contributed by atoms with Gasteiger partial charge in [0.25, 0.3) is 0 Å². The Kier molecular flexibility index (Phi) is 4.78. The van der Waals surface area contributed by atoms with Crippen LogP contribution in [0.4, 0.5) is 4.39 Å². The zero-order valence-electron chi connectivity index (χ0n) is 12.9. The minimum absolute atomic E-state index is 0.0407. The predicted molar refractivity (Wildman–Crippen MR) is 95.0 cm³/mol. The van der Waals surface area contributed by atoms with Crippen molar-refractivity contribution in [3.8, 4) is 0 Å². The summed E-state index contributed by atoms with van der Waals surface area (Å²) in [5, 5.41) is 4.13. The third-order valence-electron chi connectivity index (χ3n) is 3.91. The first-order valence-electron chi connectivity index (χ1n) is 7.44. The van der Waals surface area contributed by atoms with E-state index >= 15 is 0 Å². The number of aromatic amines is 1. The number of carbonyl (C=O) groups is 1. The van der Waals surface area contributed by atoms with Gasteiger partial charge in [-0.05, 0) is 36.2 Å². The number of hydrogen-bond donors (Lipinski definition) is 2. The van der Waals surface area contributed by atoms with Crippen LogP contribution in [0, 0.1) is 5.82 Å². The van der Waals surface area contributed by atoms with Crippen molar-refractivity contribution in [2.24, 2.45) is 0 Å². The molecule has 0 aliphatic carbocycles. The van der Waals surface area contributed by atoms with E-state index in [4.69, 9.17) is 23.2 Å². The highest BCUT2D eigenvalue weighted by Crippen LogP contribution is 2.28. The van der Waals surface area contributed by atoms with E-state index in [9.17, 15) is 9.18 Å². The Morgan fingerprint density at radius 3 is 2.79 bits per heavy atom. The number of fused-ring (bicyclic) bond motifs is 1. The van der Waals surface area contributed by atoms with Crippen LogP contribution in [-0.4, -0.2) is 10.9 Å². The number of halogens is 3. The lowest BCUT2D eigenvalue weighted by Crippen LogP contribution is -2.28. The van der Waals surface area contributed by atoms with Gasteiger partial charge in [0, 0.05) is 22.1 Å². The number of H-pyrrole nitrogens is 1. The van der Waals surface area contributed by atoms with E-state index in [-0.39, 0.29) is 17.4 Å². The number of para-hydroxylation sites is 1. The molecule has 1 amide bonds. The van der Waals surface area contributed by atoms with Crippen molar-refractivity contribution in [1.82, 2.24) is 10.3 Å². The normalized spacial score (nSPS) is 12.3. The smallest absolute Gasteiger partial charge is 0.224 e. The van der Waals surface area contributed by atoms with Gasteiger partial charge in [-0.3, -0.25) is 4.79 Å². The highest BCUT2D eigenvalue weighted by Gasteiger charge is 2.16. The van der Waals surface area contributed by atoms with Crippen molar-refractivity contribution in [3.63, 3.8) is 0 Å². The number of rotatable bonds is 4. The monoisotopic (exact) mass is 364 g/mol. The lowest BCUT2D eigenvalue weighted by atomic mass is 10.1. The molecule has 3 aromatic rings. The average Bonchev–Trinajstić information content (AvgIpc) is 2.94. The molecule has 2 N–H and O–H groups in total. The Morgan fingerprint density at radius 1 is 1.25 bits per heavy atom. The molecule has 0 fully saturated rings. The van der Waals surface area contributed by atoms with Crippen LogP contribution < -0.4 is 5.32 Å². The fraction of sp³-hybridized carbons (Fsp3) is 0.167. The second-order valence-electron chi connectivity index (χ2n) is 5.61. The minimum atomic E-state index is -0.561. The molecule has 0 saturated heterocycles. The summed E-state index contributed by atoms with van der Waals surface area (Å²) in [6.07, 6.45) is 2.05. The number of nitrogens with one attached hydrogen (secondary N) is 2. The van der Waals surface area contributed by atoms with Gasteiger partial charge >= 0.3 is 0 Å². The number of aromatic nitrogens is 1. The maximum Gasteiger partial charge on any atom is 0.224 e. The molecule has 0 aliphatic rings. The molecule has 1 atom stereocenters. The number of carbonyl (C=O) groups excluding carboxylic acids is 1. The van der Waals surface area contributed by atoms with Crippen molar-refractivity contribution in [2.75, 3.05) is 0 Å². The standard InChI is InChI=1S/C18H15Cl2FN2O/c1-10(13-7-16(21)15(20)8-14(13)19)23-18(24)6-11-9-22-17-5-3-2-4-12(11)17/h2-5,7-10,22H,6H2,1H3,(H,23,24)/t10-/m0/s1. The first-order chi connectivity index (χ1) is 11.5. The fourth-order valence-corrected chi connectivity index (χ4v) is 3.24. The summed E-state index contributed by atoms with van der Waals surface area (Å²) in [5.41, 5.74) is 2.38. The van der Waals surface area contributed by atoms with Gasteiger partial charge in [0.2, 0.25) is 5.91 Å². The molecule has 0 unspecified atom stereocenters. The van der Waals surface area contributed by atoms with Gasteiger partial charge in [-0.2, -0.15) is 0 Å². The van der Waals surface area contributed by atoms with Gasteiger partial charge in [-0.15, -0.1) is 0 Å². The number of benzene rings is 2. The Hall–Kier alpha value is -2.04. The first-order valence-corrected chi connectivity index (χ1v) is 8.20. The van der Waals surface area contributed by atoms with Gasteiger partial charge in [0.15, 0.2) is 0 Å². The predicted octanol–water partition coefficient (Wildman–Crippen LogP) is 5.03. The van der Waals surface area contributed by atoms with E-state index in [1.807, 2.05) is 30.5 Å². The van der Waals surface area contributed by atoms with Crippen LogP contribution in [0.25, 0.3) is 10.9 Å². The van der Waals surface area contributed by atoms with Crippen LogP contribution >= 0.6 is 23.2 Å². The molecule has 24 heavy (non-hydrogen) atoms. The summed E-state index contributed by atoms with van der Waals surface area (Å²) in [4.78, 5) is 15.4. The lowest BCUT2D eigenvalue weighted by molar-refractivity contribution is -0.121. The second-order valence-corrected chi connectivity index (χ2v) is 6.43. The minimum Gasteiger partial charge on any atom is -0.361 e. The Labute approximate surface area is 148 Å². The first kappa shape index (κ1) is 16.8. The molecule has 0 bridgehead atoms. The molecule has 0 spiro atoms. The molecule has 0 radical (unpaired) electrons. The van der Waals surface area contributed by atoms with E-state index in [1.54, 1.807) is 6.92 Å². The summed E-state index contributed by atoms with van der Waals surface area (Å²) >= 11 is 11.8. The van der Waals surface area contributed by atoms with E-state index in [0.717, 1.165) is 16.5 Å². The van der Waals surface area contributed by atoms with Gasteiger partial charge in [0.1, 0.15) is 5.82 Å². The van der Waals surface area contributed by atoms with Crippen LogP contribution in [-0.2, 0) is 11.2 Å². The maximum absolute atomic E-state index is 13.6. The molecule has 0 aliphatic heterocycles. The third kappa shape index (κ3) is 3.40. The maximum atomic E-state index is 13.6. The zero-order chi connectivity index (χ0) is 17.3. The van der Waals surface area contributed by atoms with Gasteiger partial charge in [-0.1, -0.05) is 41.4 Å². The Balaban J connectivity index is 1.74. The zero-order valence-corrected chi connectivity index (χ0v) is 14.4. The summed E-state index contributed by atoms with van der Waals surface area (Å²) in [6.45, 7) is 1.75. The van der Waals surface area contributed by atoms with E-state index in [2.05, 4.69) is 10.3 Å². The Bertz CT molecular complexity index is 907. The summed E-state index contributed by atoms with van der Waals surface area (Å²) < 4.78 is 13.6. The van der Waals surface area contributed by atoms with Crippen molar-refractivity contribution >= 4 is 40.0 Å². The van der Waals surface area contributed by atoms with E-state index in [0.29, 0.717) is 10.6 Å². The molecule has 124 valence electrons. The SMILES string of the molecule is C[C@H](NC(=O)Cc1c[nH]c2ccccc12)c1cc(F)c(Cl)cc1Cl. The summed E-state index contributed by atoms with van der Waals surface area (Å²) in [7, 11) is 0. The molecule has 2 aromatic carbocycles. The molecular formula is C18H15Cl2FN2O. The van der Waals surface area contributed by atoms with Crippen LogP contribution in [0.5, 0.6) is 0 Å². The van der Waals surface area contributed by atoms with Crippen molar-refractivity contribution in [3.05, 3.63) is 69.6 Å². The summed E-state index contributed by atoms with van der Waals surface area (Å²) in [5.74, 6) is -0.729. The molecular weight excluding hydrogens is 350 g/mol. The van der Waals surface area contributed by atoms with E-state index in [1.165, 1.54) is 12.1 Å². The molecule has 3 rings (SSSR count). The van der Waals surface area contributed by atoms with Crippen molar-refractivity contribution in [1.29, 1.82) is 0 Å². The van der Waals surface area contributed by atoms with Crippen molar-refractivity contribution in [2.45, 2.75) is 19.4 Å². The fourth-order valence-electron chi connectivity index (χ4n) is 2.69. The van der Waals surface area contributed by atoms with Crippen LogP contribution in [0.15, 0.2) is 42.6 Å². The third-order valence-corrected chi connectivity index (χ3v) is 4.53. The van der Waals surface area contributed by atoms with Gasteiger partial charge in [0.05, 0.1) is 17.5 Å². The largest absolute Gasteiger partial charge is 0.361 e. The van der Waals surface area contributed by atoms with Gasteiger partial charge in [-0.25, -0.2) is 4.39 Å². The number of amides is 1. The lowest BCUT2D eigenvalue weighted by Gasteiger charge is -2.16. The highest BCUT2D eigenvalue weighted by molar-refractivity contribution is 6.35. The molecule has 3 nitrogen and oxygen atoms in total. The second kappa shape index (κ2) is 6.83. The molecule has 6 heteroatoms. The van der Waals surface area contributed by atoms with Crippen LogP contribution in [0.3, 0.4) is 0 Å². The molecule has 0 saturated carbocycles. The molecule has 1 heterocycles. The highest BCUT2D eigenvalue weighted by atomic mass is 35.5. The van der Waals surface area contributed by atoms with Crippen LogP contribution in [0.1, 0.15) is 24.1 Å². The van der Waals surface area contributed by atoms with E-state index < -0.39 is 11.9 Å². The summed E-state index contributed by atoms with van der Waals surface area (Å²) in [6, 6.07) is 9.94. The Morgan fingerprint density at radius 2 is 2.00 bits per heavy atom. The van der Waals surface area contributed by atoms with Crippen molar-refractivity contribution < 1.29 is 9.18 Å². The quantitative estimate of drug-likeness (QED) is 0.626. The molecule has 1 aromatic heterocycles. The number of hydrogen-bond acceptors (Lipinski definition) is 1. The topological polar surface area (TPSA) is 44.9 Å². The van der Waals surface area contributed by atoms with Crippen LogP contribution in [0.2, 0.25) is 10.0 Å².